The van der Waals surface area contributed by atoms with Gasteiger partial charge in [0.15, 0.2) is 5.78 Å². The fourth-order valence-electron chi connectivity index (χ4n) is 3.39. The summed E-state index contributed by atoms with van der Waals surface area (Å²) in [6, 6.07) is 25.0. The van der Waals surface area contributed by atoms with E-state index in [-0.39, 0.29) is 18.8 Å². The Morgan fingerprint density at radius 3 is 2.06 bits per heavy atom. The minimum Gasteiger partial charge on any atom is -0.445 e. The molecule has 3 aromatic carbocycles. The number of ether oxygens (including phenoxy) is 1. The standard InChI is InChI=1S/C26H26N2O4/c27-24(29)16-15-21-13-7-8-14-22(21)25(30)23(17-19-9-3-1-4-10-19)28-26(31)32-18-20-11-5-2-6-12-20/h1-14,23H,15-18H2,(H2,27,29)(H,28,31)/t23-/m0/s1. The van der Waals surface area contributed by atoms with Gasteiger partial charge >= 0.3 is 6.09 Å². The minimum atomic E-state index is -0.824. The molecule has 6 nitrogen and oxygen atoms in total. The predicted octanol–water partition coefficient (Wildman–Crippen LogP) is 3.82. The SMILES string of the molecule is NC(=O)CCc1ccccc1C(=O)[C@H](Cc1ccccc1)NC(=O)OCc1ccccc1. The summed E-state index contributed by atoms with van der Waals surface area (Å²) in [4.78, 5) is 37.2. The molecule has 1 atom stereocenters. The van der Waals surface area contributed by atoms with Crippen LogP contribution in [0.25, 0.3) is 0 Å². The van der Waals surface area contributed by atoms with Crippen LogP contribution >= 0.6 is 0 Å². The highest BCUT2D eigenvalue weighted by Gasteiger charge is 2.25. The van der Waals surface area contributed by atoms with Crippen LogP contribution in [0.3, 0.4) is 0 Å². The second-order valence-corrected chi connectivity index (χ2v) is 7.44. The second kappa shape index (κ2) is 11.5. The number of ketones is 1. The van der Waals surface area contributed by atoms with Crippen molar-refractivity contribution in [1.82, 2.24) is 5.32 Å². The number of amides is 2. The molecule has 0 aliphatic heterocycles. The summed E-state index contributed by atoms with van der Waals surface area (Å²) in [5.74, 6) is -0.679. The zero-order valence-corrected chi connectivity index (χ0v) is 17.7. The van der Waals surface area contributed by atoms with Crippen LogP contribution in [-0.4, -0.2) is 23.8 Å². The summed E-state index contributed by atoms with van der Waals surface area (Å²) in [5, 5.41) is 2.72. The van der Waals surface area contributed by atoms with Gasteiger partial charge in [-0.3, -0.25) is 9.59 Å². The number of primary amides is 1. The van der Waals surface area contributed by atoms with Gasteiger partial charge in [0.25, 0.3) is 0 Å². The van der Waals surface area contributed by atoms with E-state index >= 15 is 0 Å². The molecule has 0 bridgehead atoms. The average molecular weight is 431 g/mol. The third-order valence-corrected chi connectivity index (χ3v) is 5.03. The number of aryl methyl sites for hydroxylation is 1. The maximum absolute atomic E-state index is 13.4. The molecule has 32 heavy (non-hydrogen) atoms. The highest BCUT2D eigenvalue weighted by atomic mass is 16.5. The van der Waals surface area contributed by atoms with Crippen molar-refractivity contribution in [3.05, 3.63) is 107 Å². The monoisotopic (exact) mass is 430 g/mol. The highest BCUT2D eigenvalue weighted by Crippen LogP contribution is 2.16. The highest BCUT2D eigenvalue weighted by molar-refractivity contribution is 6.03. The second-order valence-electron chi connectivity index (χ2n) is 7.44. The van der Waals surface area contributed by atoms with Crippen LogP contribution in [0.5, 0.6) is 0 Å². The zero-order valence-electron chi connectivity index (χ0n) is 17.7. The van der Waals surface area contributed by atoms with Gasteiger partial charge in [-0.1, -0.05) is 84.9 Å². The molecule has 0 fully saturated rings. The van der Waals surface area contributed by atoms with E-state index in [4.69, 9.17) is 10.5 Å². The first-order chi connectivity index (χ1) is 15.5. The van der Waals surface area contributed by atoms with Crippen molar-refractivity contribution in [2.75, 3.05) is 0 Å². The number of hydrogen-bond acceptors (Lipinski definition) is 4. The Hall–Kier alpha value is -3.93. The molecule has 3 N–H and O–H groups in total. The largest absolute Gasteiger partial charge is 0.445 e. The summed E-state index contributed by atoms with van der Waals surface area (Å²) >= 11 is 0. The number of carbonyl (C=O) groups excluding carboxylic acids is 3. The maximum Gasteiger partial charge on any atom is 0.408 e. The van der Waals surface area contributed by atoms with Crippen LogP contribution in [-0.2, 0) is 29.0 Å². The van der Waals surface area contributed by atoms with Gasteiger partial charge in [-0.05, 0) is 23.1 Å². The first kappa shape index (κ1) is 22.7. The molecule has 0 saturated heterocycles. The summed E-state index contributed by atoms with van der Waals surface area (Å²) in [7, 11) is 0. The summed E-state index contributed by atoms with van der Waals surface area (Å²) in [6.07, 6.45) is 0.135. The van der Waals surface area contributed by atoms with Crippen molar-refractivity contribution >= 4 is 17.8 Å². The molecule has 0 aromatic heterocycles. The summed E-state index contributed by atoms with van der Waals surface area (Å²) < 4.78 is 5.33. The molecule has 0 heterocycles. The first-order valence-corrected chi connectivity index (χ1v) is 10.4. The summed E-state index contributed by atoms with van der Waals surface area (Å²) in [6.45, 7) is 0.105. The molecule has 6 heteroatoms. The zero-order chi connectivity index (χ0) is 22.8. The number of Topliss-reactive ketones (excluding diaryl/α,β-unsaturated/α-hetero) is 1. The first-order valence-electron chi connectivity index (χ1n) is 10.4. The molecule has 0 radical (unpaired) electrons. The normalized spacial score (nSPS) is 11.4. The number of benzene rings is 3. The molecule has 0 spiro atoms. The molecule has 0 saturated carbocycles. The van der Waals surface area contributed by atoms with Gasteiger partial charge in [0.05, 0.1) is 6.04 Å². The number of rotatable bonds is 10. The molecule has 2 amide bonds. The lowest BCUT2D eigenvalue weighted by atomic mass is 9.93. The topological polar surface area (TPSA) is 98.5 Å². The Morgan fingerprint density at radius 2 is 1.41 bits per heavy atom. The van der Waals surface area contributed by atoms with Gasteiger partial charge in [-0.15, -0.1) is 0 Å². The lowest BCUT2D eigenvalue weighted by Gasteiger charge is -2.19. The van der Waals surface area contributed by atoms with Crippen molar-refractivity contribution < 1.29 is 19.1 Å². The van der Waals surface area contributed by atoms with Gasteiger partial charge in [0.1, 0.15) is 6.61 Å². The third kappa shape index (κ3) is 6.80. The van der Waals surface area contributed by atoms with Gasteiger partial charge in [-0.2, -0.15) is 0 Å². The van der Waals surface area contributed by atoms with E-state index in [2.05, 4.69) is 5.32 Å². The predicted molar refractivity (Wildman–Crippen MR) is 122 cm³/mol. The van der Waals surface area contributed by atoms with Gasteiger partial charge in [-0.25, -0.2) is 4.79 Å². The van der Waals surface area contributed by atoms with Crippen molar-refractivity contribution in [2.45, 2.75) is 31.9 Å². The molecule has 0 unspecified atom stereocenters. The maximum atomic E-state index is 13.4. The molecule has 3 rings (SSSR count). The van der Waals surface area contributed by atoms with Gasteiger partial charge in [0, 0.05) is 18.4 Å². The van der Waals surface area contributed by atoms with Crippen LogP contribution in [0.15, 0.2) is 84.9 Å². The Morgan fingerprint density at radius 1 is 0.812 bits per heavy atom. The number of nitrogens with two attached hydrogens (primary N) is 1. The molecular formula is C26H26N2O4. The van der Waals surface area contributed by atoms with E-state index in [1.165, 1.54) is 0 Å². The van der Waals surface area contributed by atoms with Crippen LogP contribution in [0, 0.1) is 0 Å². The fraction of sp³-hybridized carbons (Fsp3) is 0.192. The lowest BCUT2D eigenvalue weighted by molar-refractivity contribution is -0.118. The Bertz CT molecular complexity index is 1050. The van der Waals surface area contributed by atoms with E-state index < -0.39 is 18.0 Å². The van der Waals surface area contributed by atoms with Crippen molar-refractivity contribution in [2.24, 2.45) is 5.73 Å². The number of hydrogen-bond donors (Lipinski definition) is 2. The molecular weight excluding hydrogens is 404 g/mol. The quantitative estimate of drug-likeness (QED) is 0.478. The van der Waals surface area contributed by atoms with Crippen molar-refractivity contribution in [3.8, 4) is 0 Å². The molecule has 3 aromatic rings. The van der Waals surface area contributed by atoms with Crippen LogP contribution < -0.4 is 11.1 Å². The molecule has 0 aliphatic rings. The van der Waals surface area contributed by atoms with Gasteiger partial charge < -0.3 is 15.8 Å². The van der Waals surface area contributed by atoms with E-state index in [9.17, 15) is 14.4 Å². The van der Waals surface area contributed by atoms with Crippen LogP contribution in [0.4, 0.5) is 4.79 Å². The van der Waals surface area contributed by atoms with Crippen LogP contribution in [0.1, 0.15) is 33.5 Å². The molecule has 164 valence electrons. The Balaban J connectivity index is 1.77. The Kier molecular flexibility index (Phi) is 8.15. The minimum absolute atomic E-state index is 0.105. The van der Waals surface area contributed by atoms with Crippen molar-refractivity contribution in [1.29, 1.82) is 0 Å². The smallest absolute Gasteiger partial charge is 0.408 e. The van der Waals surface area contributed by atoms with E-state index in [0.29, 0.717) is 24.0 Å². The average Bonchev–Trinajstić information content (AvgIpc) is 2.82. The lowest BCUT2D eigenvalue weighted by Crippen LogP contribution is -2.43. The number of alkyl carbamates (subject to hydrolysis) is 1. The fourth-order valence-corrected chi connectivity index (χ4v) is 3.39. The van der Waals surface area contributed by atoms with Crippen molar-refractivity contribution in [3.63, 3.8) is 0 Å². The van der Waals surface area contributed by atoms with E-state index in [1.54, 1.807) is 24.3 Å². The molecule has 0 aliphatic carbocycles. The van der Waals surface area contributed by atoms with E-state index in [0.717, 1.165) is 11.1 Å². The van der Waals surface area contributed by atoms with Gasteiger partial charge in [0.2, 0.25) is 5.91 Å². The number of carbonyl (C=O) groups is 3. The Labute approximate surface area is 187 Å². The third-order valence-electron chi connectivity index (χ3n) is 5.03. The van der Waals surface area contributed by atoms with E-state index in [1.807, 2.05) is 60.7 Å². The summed E-state index contributed by atoms with van der Waals surface area (Å²) in [5.41, 5.74) is 8.21. The van der Waals surface area contributed by atoms with Crippen LogP contribution in [0.2, 0.25) is 0 Å². The number of nitrogens with one attached hydrogen (secondary N) is 1.